The molecule has 1 unspecified atom stereocenters. The molecule has 2 heterocycles. The molecule has 0 fully saturated rings. The summed E-state index contributed by atoms with van der Waals surface area (Å²) in [5, 5.41) is 19.4. The molecule has 6 heteroatoms. The Morgan fingerprint density at radius 3 is 2.67 bits per heavy atom. The van der Waals surface area contributed by atoms with Crippen molar-refractivity contribution in [2.75, 3.05) is 0 Å². The molecule has 1 atom stereocenters. The van der Waals surface area contributed by atoms with Crippen molar-refractivity contribution in [1.29, 1.82) is 5.26 Å². The van der Waals surface area contributed by atoms with E-state index in [1.165, 1.54) is 6.33 Å². The van der Waals surface area contributed by atoms with Crippen molar-refractivity contribution < 1.29 is 9.84 Å². The second kappa shape index (κ2) is 4.80. The minimum absolute atomic E-state index is 0.00586. The third-order valence-electron chi connectivity index (χ3n) is 3.41. The minimum atomic E-state index is -0.541. The molecule has 3 rings (SSSR count). The van der Waals surface area contributed by atoms with Crippen LogP contribution >= 0.6 is 0 Å². The molecule has 104 valence electrons. The number of ether oxygens (including phenoxy) is 1. The van der Waals surface area contributed by atoms with Crippen LogP contribution in [0.3, 0.4) is 0 Å². The molecule has 2 aromatic rings. The van der Waals surface area contributed by atoms with Crippen molar-refractivity contribution in [3.63, 3.8) is 0 Å². The van der Waals surface area contributed by atoms with Crippen LogP contribution in [0.4, 0.5) is 0 Å². The second-order valence-electron chi connectivity index (χ2n) is 4.75. The van der Waals surface area contributed by atoms with Crippen LogP contribution < -0.4 is 10.5 Å². The van der Waals surface area contributed by atoms with Gasteiger partial charge in [0.2, 0.25) is 17.6 Å². The number of allylic oxidation sites excluding steroid dienone is 1. The van der Waals surface area contributed by atoms with Crippen molar-refractivity contribution >= 4 is 0 Å². The van der Waals surface area contributed by atoms with Gasteiger partial charge in [-0.3, -0.25) is 0 Å². The van der Waals surface area contributed by atoms with E-state index in [0.717, 1.165) is 11.1 Å². The predicted molar refractivity (Wildman–Crippen MR) is 74.2 cm³/mol. The van der Waals surface area contributed by atoms with Crippen LogP contribution in [0.25, 0.3) is 0 Å². The molecule has 6 nitrogen and oxygen atoms in total. The number of aryl methyl sites for hydroxylation is 1. The van der Waals surface area contributed by atoms with E-state index in [4.69, 9.17) is 10.5 Å². The Morgan fingerprint density at radius 2 is 2.00 bits per heavy atom. The molecule has 0 radical (unpaired) electrons. The van der Waals surface area contributed by atoms with E-state index in [2.05, 4.69) is 9.97 Å². The Kier molecular flexibility index (Phi) is 2.95. The van der Waals surface area contributed by atoms with Gasteiger partial charge in [0, 0.05) is 0 Å². The maximum Gasteiger partial charge on any atom is 0.232 e. The fourth-order valence-electron chi connectivity index (χ4n) is 2.36. The molecule has 1 aromatic carbocycles. The zero-order chi connectivity index (χ0) is 15.0. The van der Waals surface area contributed by atoms with E-state index >= 15 is 0 Å². The Morgan fingerprint density at radius 1 is 1.29 bits per heavy atom. The lowest BCUT2D eigenvalue weighted by molar-refractivity contribution is 0.361. The summed E-state index contributed by atoms with van der Waals surface area (Å²) in [5.74, 6) is -0.593. The van der Waals surface area contributed by atoms with Gasteiger partial charge in [0.05, 0.1) is 11.5 Å². The van der Waals surface area contributed by atoms with Crippen molar-refractivity contribution in [2.24, 2.45) is 5.73 Å². The number of aromatic nitrogens is 2. The Balaban J connectivity index is 2.25. The van der Waals surface area contributed by atoms with E-state index in [0.29, 0.717) is 5.56 Å². The van der Waals surface area contributed by atoms with Crippen molar-refractivity contribution in [3.05, 3.63) is 58.7 Å². The largest absolute Gasteiger partial charge is 0.493 e. The van der Waals surface area contributed by atoms with Gasteiger partial charge >= 0.3 is 0 Å². The molecule has 0 saturated heterocycles. The van der Waals surface area contributed by atoms with Gasteiger partial charge in [-0.25, -0.2) is 9.97 Å². The molecule has 0 spiro atoms. The lowest BCUT2D eigenvalue weighted by atomic mass is 9.84. The van der Waals surface area contributed by atoms with Crippen LogP contribution in [-0.4, -0.2) is 15.1 Å². The van der Waals surface area contributed by atoms with Crippen LogP contribution in [0.15, 0.2) is 42.0 Å². The average molecular weight is 280 g/mol. The van der Waals surface area contributed by atoms with Crippen LogP contribution in [0.1, 0.15) is 22.6 Å². The predicted octanol–water partition coefficient (Wildman–Crippen LogP) is 1.71. The molecule has 0 saturated carbocycles. The highest BCUT2D eigenvalue weighted by Crippen LogP contribution is 2.44. The van der Waals surface area contributed by atoms with Crippen LogP contribution in [-0.2, 0) is 0 Å². The molecule has 0 aliphatic carbocycles. The number of hydrogen-bond acceptors (Lipinski definition) is 6. The molecule has 0 amide bonds. The smallest absolute Gasteiger partial charge is 0.232 e. The number of hydrogen-bond donors (Lipinski definition) is 2. The number of nitrogens with two attached hydrogens (primary N) is 1. The lowest BCUT2D eigenvalue weighted by Gasteiger charge is -2.25. The molecule has 3 N–H and O–H groups in total. The van der Waals surface area contributed by atoms with Crippen LogP contribution in [0.2, 0.25) is 0 Å². The molecular formula is C15H12N4O2. The van der Waals surface area contributed by atoms with E-state index in [1.807, 2.05) is 37.3 Å². The van der Waals surface area contributed by atoms with Gasteiger partial charge < -0.3 is 15.6 Å². The van der Waals surface area contributed by atoms with Crippen LogP contribution in [0, 0.1) is 18.3 Å². The first-order valence-electron chi connectivity index (χ1n) is 6.30. The zero-order valence-corrected chi connectivity index (χ0v) is 11.2. The van der Waals surface area contributed by atoms with Gasteiger partial charge in [0.1, 0.15) is 18.0 Å². The lowest BCUT2D eigenvalue weighted by Crippen LogP contribution is -2.22. The van der Waals surface area contributed by atoms with Crippen molar-refractivity contribution in [3.8, 4) is 17.8 Å². The summed E-state index contributed by atoms with van der Waals surface area (Å²) in [5.41, 5.74) is 8.30. The summed E-state index contributed by atoms with van der Waals surface area (Å²) in [4.78, 5) is 7.75. The quantitative estimate of drug-likeness (QED) is 0.823. The summed E-state index contributed by atoms with van der Waals surface area (Å²) in [6.07, 6.45) is 1.19. The second-order valence-corrected chi connectivity index (χ2v) is 4.75. The van der Waals surface area contributed by atoms with Crippen LogP contribution in [0.5, 0.6) is 11.8 Å². The first kappa shape index (κ1) is 12.9. The minimum Gasteiger partial charge on any atom is -0.493 e. The highest BCUT2D eigenvalue weighted by atomic mass is 16.5. The van der Waals surface area contributed by atoms with Gasteiger partial charge in [-0.15, -0.1) is 0 Å². The number of nitriles is 1. The Labute approximate surface area is 121 Å². The summed E-state index contributed by atoms with van der Waals surface area (Å²) in [7, 11) is 0. The molecule has 0 bridgehead atoms. The average Bonchev–Trinajstić information content (AvgIpc) is 2.47. The summed E-state index contributed by atoms with van der Waals surface area (Å²) in [6.45, 7) is 1.97. The maximum absolute atomic E-state index is 10.0. The van der Waals surface area contributed by atoms with Gasteiger partial charge in [0.15, 0.2) is 0 Å². The zero-order valence-electron chi connectivity index (χ0n) is 11.2. The van der Waals surface area contributed by atoms with Gasteiger partial charge in [-0.05, 0) is 12.5 Å². The number of nitrogens with zero attached hydrogens (tertiary/aromatic N) is 3. The van der Waals surface area contributed by atoms with E-state index in [1.54, 1.807) is 0 Å². The Bertz CT molecular complexity index is 775. The summed E-state index contributed by atoms with van der Waals surface area (Å²) < 4.78 is 5.32. The van der Waals surface area contributed by atoms with Crippen molar-refractivity contribution in [1.82, 2.24) is 9.97 Å². The fourth-order valence-corrected chi connectivity index (χ4v) is 2.36. The van der Waals surface area contributed by atoms with E-state index < -0.39 is 5.92 Å². The summed E-state index contributed by atoms with van der Waals surface area (Å²) in [6, 6.07) is 9.66. The fraction of sp³-hybridized carbons (Fsp3) is 0.133. The standard InChI is InChI=1S/C15H12N4O2/c1-8-2-4-9(5-3-8)11-10(6-16)13(17)21-15-12(11)14(20)18-7-19-15/h2-5,7,11H,17H2,1H3,(H,18,19,20). The Hall–Kier alpha value is -3.07. The SMILES string of the molecule is Cc1ccc(C2C(C#N)=C(N)Oc3ncnc(O)c32)cc1. The van der Waals surface area contributed by atoms with Gasteiger partial charge in [-0.2, -0.15) is 5.26 Å². The van der Waals surface area contributed by atoms with Crippen molar-refractivity contribution in [2.45, 2.75) is 12.8 Å². The number of fused-ring (bicyclic) bond motifs is 1. The first-order chi connectivity index (χ1) is 10.1. The molecular weight excluding hydrogens is 268 g/mol. The molecule has 21 heavy (non-hydrogen) atoms. The third kappa shape index (κ3) is 2.05. The highest BCUT2D eigenvalue weighted by molar-refractivity contribution is 5.56. The molecule has 1 aliphatic rings. The monoisotopic (exact) mass is 280 g/mol. The maximum atomic E-state index is 10.0. The number of benzene rings is 1. The first-order valence-corrected chi connectivity index (χ1v) is 6.30. The molecule has 1 aromatic heterocycles. The van der Waals surface area contributed by atoms with Gasteiger partial charge in [-0.1, -0.05) is 29.8 Å². The van der Waals surface area contributed by atoms with Gasteiger partial charge in [0.25, 0.3) is 0 Å². The number of aromatic hydroxyl groups is 1. The highest BCUT2D eigenvalue weighted by Gasteiger charge is 2.34. The normalized spacial score (nSPS) is 16.9. The van der Waals surface area contributed by atoms with E-state index in [9.17, 15) is 10.4 Å². The third-order valence-corrected chi connectivity index (χ3v) is 3.41. The topological polar surface area (TPSA) is 105 Å². The summed E-state index contributed by atoms with van der Waals surface area (Å²) >= 11 is 0. The van der Waals surface area contributed by atoms with E-state index in [-0.39, 0.29) is 23.2 Å². The molecule has 1 aliphatic heterocycles. The number of rotatable bonds is 1.